The van der Waals surface area contributed by atoms with Gasteiger partial charge < -0.3 is 14.7 Å². The zero-order valence-corrected chi connectivity index (χ0v) is 11.9. The molecule has 3 fully saturated rings. The summed E-state index contributed by atoms with van der Waals surface area (Å²) in [5, 5.41) is 9.27. The highest BCUT2D eigenvalue weighted by Gasteiger charge is 2.59. The van der Waals surface area contributed by atoms with Crippen LogP contribution in [0.1, 0.15) is 51.4 Å². The minimum atomic E-state index is -1.11. The number of hydrogen-bond donors (Lipinski definition) is 1. The number of hydrogen-bond acceptors (Lipinski definition) is 3. The number of carboxylic acid groups (broad SMARTS) is 1. The first kappa shape index (κ1) is 13.9. The number of aliphatic carboxylic acids is 1. The summed E-state index contributed by atoms with van der Waals surface area (Å²) >= 11 is 0. The van der Waals surface area contributed by atoms with Crippen molar-refractivity contribution in [2.75, 3.05) is 19.7 Å². The summed E-state index contributed by atoms with van der Waals surface area (Å²) in [6, 6.07) is 0. The minimum absolute atomic E-state index is 0.183. The standard InChI is InChI=1S/C15H23NO4/c17-12(15(7-8-15)13(18)19)16-9-10-20-14(11-16)5-3-1-2-4-6-14/h1-11H2,(H,18,19). The van der Waals surface area contributed by atoms with Gasteiger partial charge in [0.15, 0.2) is 0 Å². The molecule has 3 rings (SSSR count). The van der Waals surface area contributed by atoms with E-state index in [1.807, 2.05) is 0 Å². The summed E-state index contributed by atoms with van der Waals surface area (Å²) in [5.74, 6) is -1.14. The molecule has 0 unspecified atom stereocenters. The zero-order valence-electron chi connectivity index (χ0n) is 11.9. The number of morpholine rings is 1. The molecule has 112 valence electrons. The molecule has 1 saturated heterocycles. The molecule has 1 spiro atoms. The van der Waals surface area contributed by atoms with E-state index in [-0.39, 0.29) is 11.5 Å². The van der Waals surface area contributed by atoms with Gasteiger partial charge in [-0.25, -0.2) is 0 Å². The molecular weight excluding hydrogens is 258 g/mol. The first-order valence-electron chi connectivity index (χ1n) is 7.75. The molecule has 0 aromatic rings. The second-order valence-electron chi connectivity index (χ2n) is 6.56. The fourth-order valence-corrected chi connectivity index (χ4v) is 3.64. The van der Waals surface area contributed by atoms with Crippen LogP contribution in [0.15, 0.2) is 0 Å². The Hall–Kier alpha value is -1.10. The quantitative estimate of drug-likeness (QED) is 0.784. The Labute approximate surface area is 119 Å². The number of amides is 1. The lowest BCUT2D eigenvalue weighted by molar-refractivity contribution is -0.165. The molecule has 20 heavy (non-hydrogen) atoms. The molecule has 0 atom stereocenters. The summed E-state index contributed by atoms with van der Waals surface area (Å²) in [7, 11) is 0. The summed E-state index contributed by atoms with van der Waals surface area (Å²) in [5.41, 5.74) is -1.32. The third-order valence-electron chi connectivity index (χ3n) is 5.12. The van der Waals surface area contributed by atoms with Gasteiger partial charge in [0, 0.05) is 13.1 Å². The SMILES string of the molecule is O=C(O)C1(C(=O)N2CCOC3(CCCCCC3)C2)CC1. The van der Waals surface area contributed by atoms with Crippen molar-refractivity contribution in [2.24, 2.45) is 5.41 Å². The molecule has 0 radical (unpaired) electrons. The summed E-state index contributed by atoms with van der Waals surface area (Å²) < 4.78 is 6.02. The maximum absolute atomic E-state index is 12.5. The summed E-state index contributed by atoms with van der Waals surface area (Å²) in [4.78, 5) is 25.6. The van der Waals surface area contributed by atoms with E-state index in [0.717, 1.165) is 25.7 Å². The number of carboxylic acids is 1. The Bertz CT molecular complexity index is 408. The first-order chi connectivity index (χ1) is 9.58. The second kappa shape index (κ2) is 5.02. The molecule has 5 heteroatoms. The third-order valence-corrected chi connectivity index (χ3v) is 5.12. The van der Waals surface area contributed by atoms with Gasteiger partial charge in [0.05, 0.1) is 12.2 Å². The number of rotatable bonds is 2. The fraction of sp³-hybridized carbons (Fsp3) is 0.867. The van der Waals surface area contributed by atoms with Gasteiger partial charge in [-0.15, -0.1) is 0 Å². The lowest BCUT2D eigenvalue weighted by atomic mass is 9.91. The lowest BCUT2D eigenvalue weighted by Gasteiger charge is -2.43. The highest BCUT2D eigenvalue weighted by molar-refractivity contribution is 6.04. The molecular formula is C15H23NO4. The zero-order chi connectivity index (χ0) is 14.2. The largest absolute Gasteiger partial charge is 0.480 e. The summed E-state index contributed by atoms with van der Waals surface area (Å²) in [6.45, 7) is 1.66. The Balaban J connectivity index is 1.72. The number of ether oxygens (including phenoxy) is 1. The van der Waals surface area contributed by atoms with Crippen LogP contribution in [0.2, 0.25) is 0 Å². The van der Waals surface area contributed by atoms with Gasteiger partial charge >= 0.3 is 5.97 Å². The van der Waals surface area contributed by atoms with Crippen LogP contribution < -0.4 is 0 Å². The van der Waals surface area contributed by atoms with Crippen molar-refractivity contribution < 1.29 is 19.4 Å². The maximum Gasteiger partial charge on any atom is 0.319 e. The second-order valence-corrected chi connectivity index (χ2v) is 6.56. The topological polar surface area (TPSA) is 66.8 Å². The van der Waals surface area contributed by atoms with Crippen LogP contribution >= 0.6 is 0 Å². The van der Waals surface area contributed by atoms with Gasteiger partial charge in [-0.05, 0) is 25.7 Å². The van der Waals surface area contributed by atoms with Gasteiger partial charge in [0.2, 0.25) is 5.91 Å². The molecule has 0 aromatic heterocycles. The van der Waals surface area contributed by atoms with Crippen LogP contribution in [0.4, 0.5) is 0 Å². The maximum atomic E-state index is 12.5. The molecule has 2 saturated carbocycles. The van der Waals surface area contributed by atoms with E-state index in [2.05, 4.69) is 0 Å². The van der Waals surface area contributed by atoms with Crippen LogP contribution in [0.3, 0.4) is 0 Å². The lowest BCUT2D eigenvalue weighted by Crippen LogP contribution is -2.55. The molecule has 1 N–H and O–H groups in total. The highest BCUT2D eigenvalue weighted by atomic mass is 16.5. The van der Waals surface area contributed by atoms with Crippen LogP contribution in [-0.4, -0.2) is 47.2 Å². The molecule has 2 aliphatic carbocycles. The average molecular weight is 281 g/mol. The molecule has 5 nitrogen and oxygen atoms in total. The number of nitrogens with zero attached hydrogens (tertiary/aromatic N) is 1. The van der Waals surface area contributed by atoms with Crippen molar-refractivity contribution >= 4 is 11.9 Å². The van der Waals surface area contributed by atoms with E-state index in [1.165, 1.54) is 12.8 Å². The normalized spacial score (nSPS) is 27.9. The van der Waals surface area contributed by atoms with Crippen molar-refractivity contribution in [3.63, 3.8) is 0 Å². The number of carbonyl (C=O) groups excluding carboxylic acids is 1. The van der Waals surface area contributed by atoms with Crippen LogP contribution in [0, 0.1) is 5.41 Å². The first-order valence-corrected chi connectivity index (χ1v) is 7.75. The van der Waals surface area contributed by atoms with E-state index in [9.17, 15) is 14.7 Å². The van der Waals surface area contributed by atoms with Crippen LogP contribution in [0.5, 0.6) is 0 Å². The van der Waals surface area contributed by atoms with Crippen molar-refractivity contribution in [2.45, 2.75) is 57.0 Å². The van der Waals surface area contributed by atoms with E-state index >= 15 is 0 Å². The number of carbonyl (C=O) groups is 2. The monoisotopic (exact) mass is 281 g/mol. The molecule has 3 aliphatic rings. The average Bonchev–Trinajstić information content (AvgIpc) is 3.24. The highest BCUT2D eigenvalue weighted by Crippen LogP contribution is 2.48. The van der Waals surface area contributed by atoms with E-state index < -0.39 is 11.4 Å². The molecule has 0 bridgehead atoms. The predicted octanol–water partition coefficient (Wildman–Crippen LogP) is 1.80. The van der Waals surface area contributed by atoms with Crippen molar-refractivity contribution in [3.05, 3.63) is 0 Å². The van der Waals surface area contributed by atoms with Crippen molar-refractivity contribution in [1.29, 1.82) is 0 Å². The van der Waals surface area contributed by atoms with Gasteiger partial charge in [-0.3, -0.25) is 9.59 Å². The molecule has 0 aromatic carbocycles. The van der Waals surface area contributed by atoms with E-state index in [1.54, 1.807) is 4.90 Å². The van der Waals surface area contributed by atoms with Crippen LogP contribution in [0.25, 0.3) is 0 Å². The summed E-state index contributed by atoms with van der Waals surface area (Å²) in [6.07, 6.45) is 7.74. The van der Waals surface area contributed by atoms with Crippen LogP contribution in [-0.2, 0) is 14.3 Å². The predicted molar refractivity (Wildman–Crippen MR) is 72.3 cm³/mol. The van der Waals surface area contributed by atoms with E-state index in [4.69, 9.17) is 4.74 Å². The Morgan fingerprint density at radius 2 is 1.65 bits per heavy atom. The smallest absolute Gasteiger partial charge is 0.319 e. The molecule has 1 amide bonds. The van der Waals surface area contributed by atoms with Crippen molar-refractivity contribution in [3.8, 4) is 0 Å². The Morgan fingerprint density at radius 1 is 1.00 bits per heavy atom. The molecule has 1 heterocycles. The van der Waals surface area contributed by atoms with Crippen molar-refractivity contribution in [1.82, 2.24) is 4.90 Å². The Morgan fingerprint density at radius 3 is 2.20 bits per heavy atom. The van der Waals surface area contributed by atoms with Gasteiger partial charge in [0.25, 0.3) is 0 Å². The van der Waals surface area contributed by atoms with Gasteiger partial charge in [-0.1, -0.05) is 25.7 Å². The van der Waals surface area contributed by atoms with E-state index in [0.29, 0.717) is 32.5 Å². The third kappa shape index (κ3) is 2.32. The van der Waals surface area contributed by atoms with Gasteiger partial charge in [0.1, 0.15) is 5.41 Å². The fourth-order valence-electron chi connectivity index (χ4n) is 3.64. The Kier molecular flexibility index (Phi) is 3.48. The minimum Gasteiger partial charge on any atom is -0.480 e. The van der Waals surface area contributed by atoms with Gasteiger partial charge in [-0.2, -0.15) is 0 Å². The molecule has 1 aliphatic heterocycles.